The van der Waals surface area contributed by atoms with Gasteiger partial charge in [0.1, 0.15) is 5.75 Å². The lowest BCUT2D eigenvalue weighted by Gasteiger charge is -2.24. The minimum atomic E-state index is 0.0184. The second-order valence-electron chi connectivity index (χ2n) is 5.94. The zero-order valence-electron chi connectivity index (χ0n) is 14.4. The minimum absolute atomic E-state index is 0.0184. The van der Waals surface area contributed by atoms with Gasteiger partial charge in [0.2, 0.25) is 0 Å². The summed E-state index contributed by atoms with van der Waals surface area (Å²) in [5, 5.41) is 0.996. The molecule has 0 spiro atoms. The van der Waals surface area contributed by atoms with E-state index in [1.54, 1.807) is 20.2 Å². The van der Waals surface area contributed by atoms with Gasteiger partial charge in [-0.05, 0) is 65.4 Å². The number of hydrogen-bond acceptors (Lipinski definition) is 4. The number of anilines is 1. The van der Waals surface area contributed by atoms with Crippen molar-refractivity contribution in [2.75, 3.05) is 19.1 Å². The second-order valence-corrected chi connectivity index (χ2v) is 7.19. The quantitative estimate of drug-likeness (QED) is 0.422. The number of Topliss-reactive ketones (excluding diaryl/α,β-unsaturated/α-hetero) is 1. The summed E-state index contributed by atoms with van der Waals surface area (Å²) in [5.74, 6) is 0.851. The molecule has 0 N–H and O–H groups in total. The van der Waals surface area contributed by atoms with Crippen LogP contribution in [-0.2, 0) is 6.54 Å². The summed E-state index contributed by atoms with van der Waals surface area (Å²) >= 11 is 2.28. The Morgan fingerprint density at radius 1 is 1.20 bits per heavy atom. The molecule has 0 aliphatic rings. The van der Waals surface area contributed by atoms with E-state index in [9.17, 15) is 4.79 Å². The van der Waals surface area contributed by atoms with E-state index in [4.69, 9.17) is 4.74 Å². The van der Waals surface area contributed by atoms with Gasteiger partial charge in [0, 0.05) is 28.7 Å². The Morgan fingerprint density at radius 2 is 1.92 bits per heavy atom. The predicted octanol–water partition coefficient (Wildman–Crippen LogP) is 4.69. The number of hydrogen-bond donors (Lipinski definition) is 0. The molecule has 4 nitrogen and oxygen atoms in total. The molecule has 1 aromatic heterocycles. The average molecular weight is 446 g/mol. The van der Waals surface area contributed by atoms with Gasteiger partial charge in [0.05, 0.1) is 23.9 Å². The van der Waals surface area contributed by atoms with Gasteiger partial charge in [-0.1, -0.05) is 12.1 Å². The highest BCUT2D eigenvalue weighted by Gasteiger charge is 2.16. The molecule has 3 aromatic rings. The van der Waals surface area contributed by atoms with Gasteiger partial charge in [-0.25, -0.2) is 0 Å². The standard InChI is InChI=1S/C20H19IN2O2/c1-13(24)18-11-22-19-9-6-15(21)10-17(19)20(18)23(2)12-14-4-7-16(25-3)8-5-14/h4-11H,12H2,1-3H3. The highest BCUT2D eigenvalue weighted by molar-refractivity contribution is 14.1. The van der Waals surface area contributed by atoms with E-state index in [1.165, 1.54) is 0 Å². The molecule has 0 bridgehead atoms. The second kappa shape index (κ2) is 7.39. The van der Waals surface area contributed by atoms with Crippen LogP contribution in [0, 0.1) is 3.57 Å². The molecule has 1 heterocycles. The average Bonchev–Trinajstić information content (AvgIpc) is 2.61. The number of ketones is 1. The van der Waals surface area contributed by atoms with Crippen LogP contribution in [0.3, 0.4) is 0 Å². The number of pyridine rings is 1. The monoisotopic (exact) mass is 446 g/mol. The van der Waals surface area contributed by atoms with Crippen molar-refractivity contribution in [1.82, 2.24) is 4.98 Å². The Hall–Kier alpha value is -2.15. The summed E-state index contributed by atoms with van der Waals surface area (Å²) in [6.07, 6.45) is 1.68. The van der Waals surface area contributed by atoms with Crippen molar-refractivity contribution in [3.05, 3.63) is 63.4 Å². The molecule has 5 heteroatoms. The van der Waals surface area contributed by atoms with Crippen LogP contribution in [0.5, 0.6) is 5.75 Å². The summed E-state index contributed by atoms with van der Waals surface area (Å²) in [6.45, 7) is 2.27. The number of methoxy groups -OCH3 is 1. The summed E-state index contributed by atoms with van der Waals surface area (Å²) in [7, 11) is 3.66. The number of carbonyl (C=O) groups excluding carboxylic acids is 1. The van der Waals surface area contributed by atoms with Crippen molar-refractivity contribution in [1.29, 1.82) is 0 Å². The molecule has 2 aromatic carbocycles. The van der Waals surface area contributed by atoms with Gasteiger partial charge in [-0.15, -0.1) is 0 Å². The summed E-state index contributed by atoms with van der Waals surface area (Å²) < 4.78 is 6.33. The third-order valence-electron chi connectivity index (χ3n) is 4.14. The van der Waals surface area contributed by atoms with Gasteiger partial charge in [-0.3, -0.25) is 9.78 Å². The molecular formula is C20H19IN2O2. The van der Waals surface area contributed by atoms with Crippen molar-refractivity contribution >= 4 is 45.0 Å². The number of fused-ring (bicyclic) bond motifs is 1. The number of rotatable bonds is 5. The lowest BCUT2D eigenvalue weighted by Crippen LogP contribution is -2.19. The fourth-order valence-electron chi connectivity index (χ4n) is 2.90. The van der Waals surface area contributed by atoms with Crippen LogP contribution in [0.4, 0.5) is 5.69 Å². The van der Waals surface area contributed by atoms with Gasteiger partial charge in [-0.2, -0.15) is 0 Å². The first-order chi connectivity index (χ1) is 12.0. The van der Waals surface area contributed by atoms with E-state index in [-0.39, 0.29) is 5.78 Å². The zero-order chi connectivity index (χ0) is 18.0. The maximum absolute atomic E-state index is 12.2. The topological polar surface area (TPSA) is 42.4 Å². The predicted molar refractivity (Wildman–Crippen MR) is 110 cm³/mol. The highest BCUT2D eigenvalue weighted by Crippen LogP contribution is 2.31. The first-order valence-corrected chi connectivity index (χ1v) is 9.00. The fraction of sp³-hybridized carbons (Fsp3) is 0.200. The van der Waals surface area contributed by atoms with E-state index < -0.39 is 0 Å². The van der Waals surface area contributed by atoms with Crippen LogP contribution < -0.4 is 9.64 Å². The largest absolute Gasteiger partial charge is 0.497 e. The SMILES string of the molecule is COc1ccc(CN(C)c2c(C(C)=O)cnc3ccc(I)cc23)cc1. The molecule has 25 heavy (non-hydrogen) atoms. The van der Waals surface area contributed by atoms with Crippen LogP contribution in [-0.4, -0.2) is 24.9 Å². The summed E-state index contributed by atoms with van der Waals surface area (Å²) in [5.41, 5.74) is 3.60. The van der Waals surface area contributed by atoms with Crippen LogP contribution in [0.1, 0.15) is 22.8 Å². The van der Waals surface area contributed by atoms with E-state index >= 15 is 0 Å². The summed E-state index contributed by atoms with van der Waals surface area (Å²) in [4.78, 5) is 18.7. The van der Waals surface area contributed by atoms with Crippen molar-refractivity contribution in [3.8, 4) is 5.75 Å². The maximum Gasteiger partial charge on any atom is 0.163 e. The number of nitrogens with zero attached hydrogens (tertiary/aromatic N) is 2. The number of carbonyl (C=O) groups is 1. The normalized spacial score (nSPS) is 10.7. The highest BCUT2D eigenvalue weighted by atomic mass is 127. The van der Waals surface area contributed by atoms with Gasteiger partial charge in [0.15, 0.2) is 5.78 Å². The number of aromatic nitrogens is 1. The molecule has 0 aliphatic heterocycles. The Labute approximate surface area is 161 Å². The first kappa shape index (κ1) is 17.7. The van der Waals surface area contributed by atoms with Crippen LogP contribution in [0.25, 0.3) is 10.9 Å². The van der Waals surface area contributed by atoms with Crippen LogP contribution in [0.15, 0.2) is 48.7 Å². The van der Waals surface area contributed by atoms with E-state index in [1.807, 2.05) is 43.4 Å². The third kappa shape index (κ3) is 3.76. The van der Waals surface area contributed by atoms with E-state index in [2.05, 4.69) is 38.5 Å². The minimum Gasteiger partial charge on any atom is -0.497 e. The molecule has 3 rings (SSSR count). The Kier molecular flexibility index (Phi) is 5.22. The van der Waals surface area contributed by atoms with Gasteiger partial charge < -0.3 is 9.64 Å². The fourth-order valence-corrected chi connectivity index (χ4v) is 3.39. The summed E-state index contributed by atoms with van der Waals surface area (Å²) in [6, 6.07) is 14.1. The lowest BCUT2D eigenvalue weighted by atomic mass is 10.1. The molecule has 0 aliphatic carbocycles. The Morgan fingerprint density at radius 3 is 2.56 bits per heavy atom. The van der Waals surface area contributed by atoms with Crippen molar-refractivity contribution in [3.63, 3.8) is 0 Å². The van der Waals surface area contributed by atoms with Crippen LogP contribution in [0.2, 0.25) is 0 Å². The smallest absolute Gasteiger partial charge is 0.163 e. The number of ether oxygens (including phenoxy) is 1. The molecule has 128 valence electrons. The Balaban J connectivity index is 2.06. The molecule has 0 fully saturated rings. The maximum atomic E-state index is 12.2. The lowest BCUT2D eigenvalue weighted by molar-refractivity contribution is 0.101. The van der Waals surface area contributed by atoms with Crippen molar-refractivity contribution in [2.45, 2.75) is 13.5 Å². The van der Waals surface area contributed by atoms with Gasteiger partial charge in [0.25, 0.3) is 0 Å². The third-order valence-corrected chi connectivity index (χ3v) is 4.81. The van der Waals surface area contributed by atoms with E-state index in [0.717, 1.165) is 31.5 Å². The molecule has 0 amide bonds. The Bertz CT molecular complexity index is 923. The number of halogens is 1. The van der Waals surface area contributed by atoms with Crippen molar-refractivity contribution < 1.29 is 9.53 Å². The van der Waals surface area contributed by atoms with Crippen molar-refractivity contribution in [2.24, 2.45) is 0 Å². The number of benzene rings is 2. The molecule has 0 atom stereocenters. The zero-order valence-corrected chi connectivity index (χ0v) is 16.6. The van der Waals surface area contributed by atoms with Gasteiger partial charge >= 0.3 is 0 Å². The molecule has 0 saturated carbocycles. The van der Waals surface area contributed by atoms with E-state index in [0.29, 0.717) is 12.1 Å². The van der Waals surface area contributed by atoms with Crippen LogP contribution >= 0.6 is 22.6 Å². The molecular weight excluding hydrogens is 427 g/mol. The molecule has 0 unspecified atom stereocenters. The molecule has 0 radical (unpaired) electrons. The molecule has 0 saturated heterocycles. The first-order valence-electron chi connectivity index (χ1n) is 7.93.